The predicted molar refractivity (Wildman–Crippen MR) is 79.9 cm³/mol. The second-order valence-electron chi connectivity index (χ2n) is 4.13. The molecule has 2 aromatic rings. The van der Waals surface area contributed by atoms with E-state index in [0.717, 1.165) is 11.2 Å². The Balaban J connectivity index is 1.98. The lowest BCUT2D eigenvalue weighted by atomic mass is 10.1. The summed E-state index contributed by atoms with van der Waals surface area (Å²) in [6.45, 7) is -0.0407. The van der Waals surface area contributed by atoms with Crippen LogP contribution in [0.5, 0.6) is 5.75 Å². The van der Waals surface area contributed by atoms with Crippen molar-refractivity contribution in [2.24, 2.45) is 0 Å². The summed E-state index contributed by atoms with van der Waals surface area (Å²) in [6.07, 6.45) is 2.73. The average Bonchev–Trinajstić information content (AvgIpc) is 2.53. The fraction of sp³-hybridized carbons (Fsp3) is 0.125. The monoisotopic (exact) mass is 286 g/mol. The molecule has 0 bridgehead atoms. The average molecular weight is 286 g/mol. The first-order chi connectivity index (χ1) is 9.72. The van der Waals surface area contributed by atoms with Crippen LogP contribution in [0.3, 0.4) is 0 Å². The number of rotatable bonds is 6. The van der Waals surface area contributed by atoms with Crippen LogP contribution in [0, 0.1) is 0 Å². The molecule has 0 N–H and O–H groups in total. The van der Waals surface area contributed by atoms with Crippen LogP contribution < -0.4 is 4.74 Å². The number of hydrogen-bond acceptors (Lipinski definition) is 4. The molecule has 0 atom stereocenters. The Hall–Kier alpha value is -2.07. The minimum atomic E-state index is -0.0887. The zero-order valence-electron chi connectivity index (χ0n) is 11.0. The molecule has 0 aliphatic carbocycles. The van der Waals surface area contributed by atoms with Crippen LogP contribution in [0.1, 0.15) is 20.7 Å². The van der Waals surface area contributed by atoms with Crippen LogP contribution in [-0.2, 0) is 0 Å². The predicted octanol–water partition coefficient (Wildman–Crippen LogP) is 3.48. The first-order valence-electron chi connectivity index (χ1n) is 6.08. The zero-order chi connectivity index (χ0) is 14.4. The van der Waals surface area contributed by atoms with Crippen LogP contribution >= 0.6 is 11.8 Å². The van der Waals surface area contributed by atoms with E-state index in [1.165, 1.54) is 0 Å². The molecule has 3 nitrogen and oxygen atoms in total. The van der Waals surface area contributed by atoms with Gasteiger partial charge in [-0.2, -0.15) is 0 Å². The third-order valence-corrected chi connectivity index (χ3v) is 3.52. The van der Waals surface area contributed by atoms with E-state index >= 15 is 0 Å². The minimum absolute atomic E-state index is 0.0407. The van der Waals surface area contributed by atoms with E-state index < -0.39 is 0 Å². The number of thioether (sulfide) groups is 1. The molecular weight excluding hydrogens is 272 g/mol. The van der Waals surface area contributed by atoms with Crippen molar-refractivity contribution in [2.45, 2.75) is 4.90 Å². The van der Waals surface area contributed by atoms with Crippen molar-refractivity contribution in [2.75, 3.05) is 12.9 Å². The first kappa shape index (κ1) is 14.3. The van der Waals surface area contributed by atoms with Crippen molar-refractivity contribution in [1.82, 2.24) is 0 Å². The molecule has 0 heterocycles. The molecule has 0 amide bonds. The van der Waals surface area contributed by atoms with Crippen molar-refractivity contribution in [3.05, 3.63) is 59.7 Å². The SMILES string of the molecule is CSc1ccc(C(=O)COc2cccc(C=O)c2)cc1. The first-order valence-corrected chi connectivity index (χ1v) is 7.30. The Morgan fingerprint density at radius 3 is 2.60 bits per heavy atom. The molecule has 20 heavy (non-hydrogen) atoms. The number of hydrogen-bond donors (Lipinski definition) is 0. The molecule has 102 valence electrons. The Morgan fingerprint density at radius 1 is 1.20 bits per heavy atom. The summed E-state index contributed by atoms with van der Waals surface area (Å²) in [7, 11) is 0. The number of ether oxygens (including phenoxy) is 1. The molecule has 2 rings (SSSR count). The zero-order valence-corrected chi connectivity index (χ0v) is 11.9. The normalized spacial score (nSPS) is 10.1. The van der Waals surface area contributed by atoms with Crippen molar-refractivity contribution in [3.63, 3.8) is 0 Å². The molecular formula is C16H14O3S. The molecule has 0 saturated carbocycles. The van der Waals surface area contributed by atoms with Gasteiger partial charge in [0.25, 0.3) is 0 Å². The second kappa shape index (κ2) is 6.91. The minimum Gasteiger partial charge on any atom is -0.485 e. The maximum atomic E-state index is 12.0. The highest BCUT2D eigenvalue weighted by molar-refractivity contribution is 7.98. The summed E-state index contributed by atoms with van der Waals surface area (Å²) in [5.74, 6) is 0.429. The van der Waals surface area contributed by atoms with E-state index in [0.29, 0.717) is 16.9 Å². The molecule has 0 unspecified atom stereocenters. The highest BCUT2D eigenvalue weighted by atomic mass is 32.2. The summed E-state index contributed by atoms with van der Waals surface area (Å²) < 4.78 is 5.41. The fourth-order valence-electron chi connectivity index (χ4n) is 1.69. The topological polar surface area (TPSA) is 43.4 Å². The number of aldehydes is 1. The van der Waals surface area contributed by atoms with Gasteiger partial charge in [0, 0.05) is 16.0 Å². The lowest BCUT2D eigenvalue weighted by Crippen LogP contribution is -2.11. The third-order valence-electron chi connectivity index (χ3n) is 2.78. The van der Waals surface area contributed by atoms with Gasteiger partial charge in [0.15, 0.2) is 12.4 Å². The number of benzene rings is 2. The van der Waals surface area contributed by atoms with Crippen LogP contribution in [0.25, 0.3) is 0 Å². The van der Waals surface area contributed by atoms with Gasteiger partial charge >= 0.3 is 0 Å². The molecule has 0 saturated heterocycles. The molecule has 4 heteroatoms. The molecule has 0 aliphatic heterocycles. The van der Waals surface area contributed by atoms with E-state index in [1.807, 2.05) is 18.4 Å². The summed E-state index contributed by atoms with van der Waals surface area (Å²) in [4.78, 5) is 23.7. The van der Waals surface area contributed by atoms with Crippen molar-refractivity contribution in [3.8, 4) is 5.75 Å². The standard InChI is InChI=1S/C16H14O3S/c1-20-15-7-5-13(6-8-15)16(18)11-19-14-4-2-3-12(9-14)10-17/h2-10H,11H2,1H3. The Kier molecular flexibility index (Phi) is 4.96. The number of Topliss-reactive ketones (excluding diaryl/α,β-unsaturated/α-hetero) is 1. The Bertz CT molecular complexity index is 605. The largest absolute Gasteiger partial charge is 0.485 e. The van der Waals surface area contributed by atoms with E-state index in [1.54, 1.807) is 48.2 Å². The number of ketones is 1. The van der Waals surface area contributed by atoms with E-state index in [4.69, 9.17) is 4.74 Å². The van der Waals surface area contributed by atoms with Crippen LogP contribution in [0.4, 0.5) is 0 Å². The number of carbonyl (C=O) groups excluding carboxylic acids is 2. The molecule has 0 spiro atoms. The molecule has 0 aliphatic rings. The maximum absolute atomic E-state index is 12.0. The van der Waals surface area contributed by atoms with Crippen LogP contribution in [0.2, 0.25) is 0 Å². The van der Waals surface area contributed by atoms with Crippen LogP contribution in [0.15, 0.2) is 53.4 Å². The highest BCUT2D eigenvalue weighted by Crippen LogP contribution is 2.16. The van der Waals surface area contributed by atoms with Crippen LogP contribution in [-0.4, -0.2) is 24.9 Å². The quantitative estimate of drug-likeness (QED) is 0.463. The van der Waals surface area contributed by atoms with Gasteiger partial charge in [0.2, 0.25) is 0 Å². The van der Waals surface area contributed by atoms with Crippen molar-refractivity contribution >= 4 is 23.8 Å². The van der Waals surface area contributed by atoms with Crippen molar-refractivity contribution in [1.29, 1.82) is 0 Å². The summed E-state index contributed by atoms with van der Waals surface area (Å²) in [5, 5.41) is 0. The van der Waals surface area contributed by atoms with E-state index in [2.05, 4.69) is 0 Å². The van der Waals surface area contributed by atoms with Gasteiger partial charge in [-0.3, -0.25) is 9.59 Å². The maximum Gasteiger partial charge on any atom is 0.200 e. The molecule has 2 aromatic carbocycles. The molecule has 0 fully saturated rings. The molecule has 0 aromatic heterocycles. The van der Waals surface area contributed by atoms with Crippen molar-refractivity contribution < 1.29 is 14.3 Å². The lowest BCUT2D eigenvalue weighted by molar-refractivity contribution is 0.0921. The Labute approximate surface area is 122 Å². The lowest BCUT2D eigenvalue weighted by Gasteiger charge is -2.06. The fourth-order valence-corrected chi connectivity index (χ4v) is 2.10. The van der Waals surface area contributed by atoms with Gasteiger partial charge in [-0.25, -0.2) is 0 Å². The smallest absolute Gasteiger partial charge is 0.200 e. The van der Waals surface area contributed by atoms with E-state index in [9.17, 15) is 9.59 Å². The van der Waals surface area contributed by atoms with E-state index in [-0.39, 0.29) is 12.4 Å². The van der Waals surface area contributed by atoms with Gasteiger partial charge in [-0.15, -0.1) is 11.8 Å². The van der Waals surface area contributed by atoms with Gasteiger partial charge in [-0.1, -0.05) is 24.3 Å². The summed E-state index contributed by atoms with van der Waals surface area (Å²) in [6, 6.07) is 14.1. The third kappa shape index (κ3) is 3.71. The van der Waals surface area contributed by atoms with Gasteiger partial charge in [-0.05, 0) is 30.5 Å². The van der Waals surface area contributed by atoms with Gasteiger partial charge in [0.05, 0.1) is 0 Å². The van der Waals surface area contributed by atoms with Gasteiger partial charge < -0.3 is 4.74 Å². The second-order valence-corrected chi connectivity index (χ2v) is 5.01. The summed E-state index contributed by atoms with van der Waals surface area (Å²) >= 11 is 1.63. The number of carbonyl (C=O) groups is 2. The molecule has 0 radical (unpaired) electrons. The summed E-state index contributed by atoms with van der Waals surface area (Å²) in [5.41, 5.74) is 1.15. The Morgan fingerprint density at radius 2 is 1.95 bits per heavy atom. The highest BCUT2D eigenvalue weighted by Gasteiger charge is 2.07. The van der Waals surface area contributed by atoms with Gasteiger partial charge in [0.1, 0.15) is 12.0 Å².